The van der Waals surface area contributed by atoms with Crippen molar-refractivity contribution in [2.45, 2.75) is 45.2 Å². The Balaban J connectivity index is 1.71. The van der Waals surface area contributed by atoms with Gasteiger partial charge in [0, 0.05) is 31.4 Å². The highest BCUT2D eigenvalue weighted by atomic mass is 19.1. The Morgan fingerprint density at radius 2 is 2.17 bits per heavy atom. The third-order valence-corrected chi connectivity index (χ3v) is 5.54. The van der Waals surface area contributed by atoms with Gasteiger partial charge in [-0.15, -0.1) is 0 Å². The molecule has 160 valence electrons. The van der Waals surface area contributed by atoms with Crippen LogP contribution < -0.4 is 16.0 Å². The molecule has 1 heterocycles. The Morgan fingerprint density at radius 1 is 1.41 bits per heavy atom. The molecule has 1 atom stereocenters. The molecular formula is C21H31FN4O3. The van der Waals surface area contributed by atoms with Gasteiger partial charge in [-0.05, 0) is 37.0 Å². The number of nitrogens with zero attached hydrogens (tertiary/aromatic N) is 2. The summed E-state index contributed by atoms with van der Waals surface area (Å²) < 4.78 is 19.7. The summed E-state index contributed by atoms with van der Waals surface area (Å²) in [6.07, 6.45) is 3.33. The van der Waals surface area contributed by atoms with Crippen LogP contribution in [0.25, 0.3) is 0 Å². The molecule has 7 nitrogen and oxygen atoms in total. The number of carbonyl (C=O) groups is 2. The summed E-state index contributed by atoms with van der Waals surface area (Å²) in [6, 6.07) is 4.31. The quantitative estimate of drug-likeness (QED) is 0.689. The number of halogens is 1. The van der Waals surface area contributed by atoms with E-state index >= 15 is 0 Å². The van der Waals surface area contributed by atoms with Gasteiger partial charge in [-0.1, -0.05) is 20.3 Å². The van der Waals surface area contributed by atoms with E-state index in [4.69, 9.17) is 10.5 Å². The minimum absolute atomic E-state index is 0.0526. The first-order valence-electron chi connectivity index (χ1n) is 10.3. The zero-order valence-corrected chi connectivity index (χ0v) is 17.2. The Bertz CT molecular complexity index is 739. The zero-order chi connectivity index (χ0) is 21.0. The molecule has 3 rings (SSSR count). The number of rotatable bonds is 8. The molecule has 0 bridgehead atoms. The van der Waals surface area contributed by atoms with E-state index < -0.39 is 11.9 Å². The second kappa shape index (κ2) is 9.65. The maximum Gasteiger partial charge on any atom is 0.253 e. The second-order valence-corrected chi connectivity index (χ2v) is 8.18. The highest BCUT2D eigenvalue weighted by molar-refractivity contribution is 5.97. The summed E-state index contributed by atoms with van der Waals surface area (Å²) >= 11 is 0. The molecule has 0 radical (unpaired) electrons. The van der Waals surface area contributed by atoms with Crippen molar-refractivity contribution in [3.8, 4) is 0 Å². The van der Waals surface area contributed by atoms with E-state index in [9.17, 15) is 14.0 Å². The first kappa shape index (κ1) is 21.7. The van der Waals surface area contributed by atoms with Crippen LogP contribution in [0, 0.1) is 11.7 Å². The zero-order valence-electron chi connectivity index (χ0n) is 17.2. The van der Waals surface area contributed by atoms with Gasteiger partial charge in [0.15, 0.2) is 0 Å². The number of carbonyl (C=O) groups excluding carboxylic acids is 2. The van der Waals surface area contributed by atoms with Crippen molar-refractivity contribution in [1.82, 2.24) is 4.90 Å². The lowest BCUT2D eigenvalue weighted by molar-refractivity contribution is -0.126. The van der Waals surface area contributed by atoms with E-state index in [-0.39, 0.29) is 30.7 Å². The van der Waals surface area contributed by atoms with Crippen LogP contribution in [0.2, 0.25) is 0 Å². The van der Waals surface area contributed by atoms with Crippen molar-refractivity contribution >= 4 is 23.2 Å². The lowest BCUT2D eigenvalue weighted by Gasteiger charge is -2.42. The number of amides is 2. The van der Waals surface area contributed by atoms with Crippen LogP contribution in [0.1, 0.15) is 33.1 Å². The fourth-order valence-corrected chi connectivity index (χ4v) is 3.87. The predicted octanol–water partition coefficient (Wildman–Crippen LogP) is 1.97. The predicted molar refractivity (Wildman–Crippen MR) is 110 cm³/mol. The number of hydrogen-bond acceptors (Lipinski definition) is 5. The van der Waals surface area contributed by atoms with Crippen molar-refractivity contribution in [3.05, 3.63) is 24.0 Å². The summed E-state index contributed by atoms with van der Waals surface area (Å²) in [6.45, 7) is 5.88. The standard InChI is InChI=1S/C21H31FN4O3/c1-14(2)12-26(16-4-3-5-16)19(11-23)21(28)24-15-6-7-18(17(22)10-15)25-8-9-29-13-20(25)27/h6-7,10,14,16,19H,3-5,8-9,11-13,23H2,1-2H3,(H,24,28)/t19-/m1/s1. The lowest BCUT2D eigenvalue weighted by Crippen LogP contribution is -2.55. The third-order valence-electron chi connectivity index (χ3n) is 5.54. The van der Waals surface area contributed by atoms with Gasteiger partial charge in [-0.25, -0.2) is 4.39 Å². The van der Waals surface area contributed by atoms with E-state index in [1.165, 1.54) is 23.5 Å². The van der Waals surface area contributed by atoms with Gasteiger partial charge in [-0.3, -0.25) is 14.5 Å². The molecule has 2 amide bonds. The van der Waals surface area contributed by atoms with Crippen molar-refractivity contribution < 1.29 is 18.7 Å². The fourth-order valence-electron chi connectivity index (χ4n) is 3.87. The van der Waals surface area contributed by atoms with Crippen molar-refractivity contribution in [1.29, 1.82) is 0 Å². The molecule has 2 fully saturated rings. The molecule has 29 heavy (non-hydrogen) atoms. The molecule has 1 aliphatic heterocycles. The van der Waals surface area contributed by atoms with Crippen LogP contribution >= 0.6 is 0 Å². The van der Waals surface area contributed by atoms with Crippen LogP contribution in [0.3, 0.4) is 0 Å². The molecular weight excluding hydrogens is 375 g/mol. The Morgan fingerprint density at radius 3 is 2.72 bits per heavy atom. The molecule has 1 aromatic carbocycles. The molecule has 8 heteroatoms. The maximum atomic E-state index is 14.6. The van der Waals surface area contributed by atoms with Crippen LogP contribution in [0.5, 0.6) is 0 Å². The Hall–Kier alpha value is -2.03. The molecule has 1 saturated heterocycles. The first-order chi connectivity index (χ1) is 13.9. The summed E-state index contributed by atoms with van der Waals surface area (Å²) in [5, 5.41) is 2.80. The number of benzene rings is 1. The largest absolute Gasteiger partial charge is 0.370 e. The fraction of sp³-hybridized carbons (Fsp3) is 0.619. The maximum absolute atomic E-state index is 14.6. The molecule has 3 N–H and O–H groups in total. The SMILES string of the molecule is CC(C)CN(C1CCC1)[C@H](CN)C(=O)Nc1ccc(N2CCOCC2=O)c(F)c1. The first-order valence-corrected chi connectivity index (χ1v) is 10.3. The van der Waals surface area contributed by atoms with Crippen LogP contribution in [0.15, 0.2) is 18.2 Å². The van der Waals surface area contributed by atoms with Crippen LogP contribution in [-0.2, 0) is 14.3 Å². The Kier molecular flexibility index (Phi) is 7.21. The lowest BCUT2D eigenvalue weighted by atomic mass is 9.89. The third kappa shape index (κ3) is 5.12. The van der Waals surface area contributed by atoms with Gasteiger partial charge in [0.25, 0.3) is 5.91 Å². The van der Waals surface area contributed by atoms with E-state index in [0.29, 0.717) is 30.8 Å². The number of nitrogens with one attached hydrogen (secondary N) is 1. The molecule has 1 aliphatic carbocycles. The van der Waals surface area contributed by atoms with E-state index in [2.05, 4.69) is 24.1 Å². The van der Waals surface area contributed by atoms with E-state index in [1.807, 2.05) is 0 Å². The summed E-state index contributed by atoms with van der Waals surface area (Å²) in [7, 11) is 0. The topological polar surface area (TPSA) is 87.9 Å². The number of hydrogen-bond donors (Lipinski definition) is 2. The average Bonchev–Trinajstić information content (AvgIpc) is 2.61. The number of anilines is 2. The van der Waals surface area contributed by atoms with E-state index in [1.54, 1.807) is 6.07 Å². The van der Waals surface area contributed by atoms with Crippen molar-refractivity contribution in [2.24, 2.45) is 11.7 Å². The number of nitrogens with two attached hydrogens (primary N) is 1. The van der Waals surface area contributed by atoms with Gasteiger partial charge < -0.3 is 20.7 Å². The number of ether oxygens (including phenoxy) is 1. The van der Waals surface area contributed by atoms with Gasteiger partial charge >= 0.3 is 0 Å². The molecule has 1 saturated carbocycles. The summed E-state index contributed by atoms with van der Waals surface area (Å²) in [4.78, 5) is 28.4. The highest BCUT2D eigenvalue weighted by Crippen LogP contribution is 2.28. The monoisotopic (exact) mass is 406 g/mol. The molecule has 0 unspecified atom stereocenters. The minimum atomic E-state index is -0.555. The summed E-state index contributed by atoms with van der Waals surface area (Å²) in [5.74, 6) is -0.643. The van der Waals surface area contributed by atoms with Gasteiger partial charge in [0.05, 0.1) is 12.3 Å². The minimum Gasteiger partial charge on any atom is -0.370 e. The van der Waals surface area contributed by atoms with Crippen molar-refractivity contribution in [3.63, 3.8) is 0 Å². The van der Waals surface area contributed by atoms with Crippen molar-refractivity contribution in [2.75, 3.05) is 43.1 Å². The van der Waals surface area contributed by atoms with Crippen LogP contribution in [0.4, 0.5) is 15.8 Å². The highest BCUT2D eigenvalue weighted by Gasteiger charge is 2.34. The molecule has 0 aromatic heterocycles. The van der Waals surface area contributed by atoms with Gasteiger partial charge in [0.2, 0.25) is 5.91 Å². The second-order valence-electron chi connectivity index (χ2n) is 8.18. The molecule has 1 aromatic rings. The average molecular weight is 407 g/mol. The molecule has 0 spiro atoms. The Labute approximate surface area is 171 Å². The summed E-state index contributed by atoms with van der Waals surface area (Å²) in [5.41, 5.74) is 6.51. The normalized spacial score (nSPS) is 18.8. The van der Waals surface area contributed by atoms with Gasteiger partial charge in [0.1, 0.15) is 18.5 Å². The molecule has 2 aliphatic rings. The van der Waals surface area contributed by atoms with E-state index in [0.717, 1.165) is 19.4 Å². The van der Waals surface area contributed by atoms with Crippen LogP contribution in [-0.4, -0.2) is 61.6 Å². The smallest absolute Gasteiger partial charge is 0.253 e. The number of morpholine rings is 1. The van der Waals surface area contributed by atoms with Gasteiger partial charge in [-0.2, -0.15) is 0 Å².